The molecule has 106 valence electrons. The minimum Gasteiger partial charge on any atom is -0.299 e. The first kappa shape index (κ1) is 13.6. The molecule has 0 heterocycles. The zero-order chi connectivity index (χ0) is 14.4. The van der Waals surface area contributed by atoms with Gasteiger partial charge in [0.1, 0.15) is 5.78 Å². The molecule has 1 aromatic rings. The number of rotatable bonds is 4. The maximum atomic E-state index is 12.9. The third-order valence-electron chi connectivity index (χ3n) is 6.02. The van der Waals surface area contributed by atoms with Gasteiger partial charge >= 0.3 is 0 Å². The summed E-state index contributed by atoms with van der Waals surface area (Å²) in [5.41, 5.74) is 2.45. The first-order valence-electron chi connectivity index (χ1n) is 7.74. The van der Waals surface area contributed by atoms with Crippen molar-refractivity contribution < 1.29 is 4.79 Å². The van der Waals surface area contributed by atoms with E-state index in [4.69, 9.17) is 0 Å². The topological polar surface area (TPSA) is 17.1 Å². The van der Waals surface area contributed by atoms with Crippen molar-refractivity contribution in [1.82, 2.24) is 0 Å². The molecule has 2 aliphatic carbocycles. The highest BCUT2D eigenvalue weighted by atomic mass is 16.1. The SMILES string of the molecule is C=C1C2CCC(C(=O)CCc3ccccc3)(C2)C1(C)C. The van der Waals surface area contributed by atoms with E-state index in [1.807, 2.05) is 18.2 Å². The molecule has 2 aliphatic rings. The number of allylic oxidation sites excluding steroid dienone is 1. The van der Waals surface area contributed by atoms with Gasteiger partial charge in [-0.25, -0.2) is 0 Å². The van der Waals surface area contributed by atoms with Gasteiger partial charge in [-0.1, -0.05) is 56.3 Å². The van der Waals surface area contributed by atoms with E-state index in [-0.39, 0.29) is 10.8 Å². The maximum Gasteiger partial charge on any atom is 0.140 e. The van der Waals surface area contributed by atoms with Crippen LogP contribution in [-0.4, -0.2) is 5.78 Å². The summed E-state index contributed by atoms with van der Waals surface area (Å²) in [6.45, 7) is 8.75. The van der Waals surface area contributed by atoms with Crippen molar-refractivity contribution in [2.24, 2.45) is 16.7 Å². The average Bonchev–Trinajstić information content (AvgIpc) is 2.97. The number of fused-ring (bicyclic) bond motifs is 2. The zero-order valence-corrected chi connectivity index (χ0v) is 12.6. The highest BCUT2D eigenvalue weighted by Gasteiger charge is 2.62. The fourth-order valence-corrected chi connectivity index (χ4v) is 4.47. The van der Waals surface area contributed by atoms with Gasteiger partial charge in [-0.3, -0.25) is 4.79 Å². The molecule has 0 aromatic heterocycles. The van der Waals surface area contributed by atoms with Crippen LogP contribution >= 0.6 is 0 Å². The van der Waals surface area contributed by atoms with Crippen LogP contribution < -0.4 is 0 Å². The highest BCUT2D eigenvalue weighted by molar-refractivity contribution is 5.87. The predicted octanol–water partition coefficient (Wildman–Crippen LogP) is 4.57. The third kappa shape index (κ3) is 1.79. The summed E-state index contributed by atoms with van der Waals surface area (Å²) in [5, 5.41) is 0. The van der Waals surface area contributed by atoms with Crippen molar-refractivity contribution in [2.45, 2.75) is 46.0 Å². The molecule has 0 amide bonds. The summed E-state index contributed by atoms with van der Waals surface area (Å²) in [7, 11) is 0. The number of benzene rings is 1. The minimum absolute atomic E-state index is 0.0102. The first-order valence-corrected chi connectivity index (χ1v) is 7.74. The van der Waals surface area contributed by atoms with E-state index in [0.29, 0.717) is 18.1 Å². The summed E-state index contributed by atoms with van der Waals surface area (Å²) in [4.78, 5) is 12.9. The largest absolute Gasteiger partial charge is 0.299 e. The lowest BCUT2D eigenvalue weighted by atomic mass is 9.60. The van der Waals surface area contributed by atoms with Crippen LogP contribution in [0.3, 0.4) is 0 Å². The smallest absolute Gasteiger partial charge is 0.140 e. The van der Waals surface area contributed by atoms with Crippen LogP contribution in [0.4, 0.5) is 0 Å². The molecule has 2 saturated carbocycles. The Morgan fingerprint density at radius 3 is 2.60 bits per heavy atom. The van der Waals surface area contributed by atoms with Gasteiger partial charge in [0.25, 0.3) is 0 Å². The average molecular weight is 268 g/mol. The maximum absolute atomic E-state index is 12.9. The van der Waals surface area contributed by atoms with E-state index < -0.39 is 0 Å². The molecule has 1 aromatic carbocycles. The number of carbonyl (C=O) groups excluding carboxylic acids is 1. The molecule has 1 heteroatoms. The van der Waals surface area contributed by atoms with Gasteiger partial charge in [-0.2, -0.15) is 0 Å². The molecule has 20 heavy (non-hydrogen) atoms. The number of carbonyl (C=O) groups is 1. The quantitative estimate of drug-likeness (QED) is 0.731. The monoisotopic (exact) mass is 268 g/mol. The Morgan fingerprint density at radius 1 is 1.30 bits per heavy atom. The summed E-state index contributed by atoms with van der Waals surface area (Å²) < 4.78 is 0. The van der Waals surface area contributed by atoms with Gasteiger partial charge in [-0.15, -0.1) is 0 Å². The molecular weight excluding hydrogens is 244 g/mol. The lowest BCUT2D eigenvalue weighted by molar-refractivity contribution is -0.132. The molecular formula is C19H24O. The van der Waals surface area contributed by atoms with Crippen LogP contribution in [0.5, 0.6) is 0 Å². The lowest BCUT2D eigenvalue weighted by Gasteiger charge is -2.42. The van der Waals surface area contributed by atoms with Crippen molar-refractivity contribution in [3.8, 4) is 0 Å². The summed E-state index contributed by atoms with van der Waals surface area (Å²) >= 11 is 0. The summed E-state index contributed by atoms with van der Waals surface area (Å²) in [6, 6.07) is 10.3. The van der Waals surface area contributed by atoms with E-state index in [9.17, 15) is 4.79 Å². The molecule has 0 saturated heterocycles. The number of Topliss-reactive ketones (excluding diaryl/α,β-unsaturated/α-hetero) is 1. The van der Waals surface area contributed by atoms with E-state index >= 15 is 0 Å². The lowest BCUT2D eigenvalue weighted by Crippen LogP contribution is -2.41. The second-order valence-electron chi connectivity index (χ2n) is 7.08. The second kappa shape index (κ2) is 4.58. The van der Waals surface area contributed by atoms with Crippen molar-refractivity contribution in [3.63, 3.8) is 0 Å². The van der Waals surface area contributed by atoms with Gasteiger partial charge in [-0.05, 0) is 42.6 Å². The van der Waals surface area contributed by atoms with Crippen molar-refractivity contribution in [2.75, 3.05) is 0 Å². The van der Waals surface area contributed by atoms with E-state index in [1.54, 1.807) is 0 Å². The zero-order valence-electron chi connectivity index (χ0n) is 12.6. The molecule has 2 fully saturated rings. The minimum atomic E-state index is -0.121. The molecule has 2 atom stereocenters. The second-order valence-corrected chi connectivity index (χ2v) is 7.08. The molecule has 0 aliphatic heterocycles. The fraction of sp³-hybridized carbons (Fsp3) is 0.526. The number of aryl methyl sites for hydroxylation is 1. The van der Waals surface area contributed by atoms with Crippen LogP contribution in [0.25, 0.3) is 0 Å². The van der Waals surface area contributed by atoms with Crippen LogP contribution in [0.15, 0.2) is 42.5 Å². The Bertz CT molecular complexity index is 540. The van der Waals surface area contributed by atoms with Crippen LogP contribution in [0.1, 0.15) is 45.1 Å². The Kier molecular flexibility index (Phi) is 3.12. The van der Waals surface area contributed by atoms with E-state index in [0.717, 1.165) is 19.3 Å². The molecule has 0 radical (unpaired) electrons. The van der Waals surface area contributed by atoms with Gasteiger partial charge in [0.05, 0.1) is 0 Å². The van der Waals surface area contributed by atoms with Crippen molar-refractivity contribution >= 4 is 5.78 Å². The Labute approximate surface area is 122 Å². The van der Waals surface area contributed by atoms with Gasteiger partial charge in [0, 0.05) is 11.8 Å². The Hall–Kier alpha value is -1.37. The molecule has 2 unspecified atom stereocenters. The van der Waals surface area contributed by atoms with Gasteiger partial charge in [0.15, 0.2) is 0 Å². The summed E-state index contributed by atoms with van der Waals surface area (Å²) in [5.74, 6) is 1.05. The molecule has 2 bridgehead atoms. The van der Waals surface area contributed by atoms with Gasteiger partial charge in [0.2, 0.25) is 0 Å². The highest BCUT2D eigenvalue weighted by Crippen LogP contribution is 2.67. The van der Waals surface area contributed by atoms with Crippen molar-refractivity contribution in [1.29, 1.82) is 0 Å². The van der Waals surface area contributed by atoms with Crippen LogP contribution in [0, 0.1) is 16.7 Å². The molecule has 0 N–H and O–H groups in total. The van der Waals surface area contributed by atoms with Crippen molar-refractivity contribution in [3.05, 3.63) is 48.0 Å². The van der Waals surface area contributed by atoms with Gasteiger partial charge < -0.3 is 0 Å². The normalized spacial score (nSPS) is 30.7. The van der Waals surface area contributed by atoms with Crippen LogP contribution in [0.2, 0.25) is 0 Å². The number of hydrogen-bond donors (Lipinski definition) is 0. The third-order valence-corrected chi connectivity index (χ3v) is 6.02. The molecule has 3 rings (SSSR count). The molecule has 1 nitrogen and oxygen atoms in total. The summed E-state index contributed by atoms with van der Waals surface area (Å²) in [6.07, 6.45) is 4.82. The van der Waals surface area contributed by atoms with Crippen LogP contribution in [-0.2, 0) is 11.2 Å². The molecule has 0 spiro atoms. The Morgan fingerprint density at radius 2 is 2.00 bits per heavy atom. The van der Waals surface area contributed by atoms with E-state index in [2.05, 4.69) is 32.6 Å². The number of ketones is 1. The predicted molar refractivity (Wildman–Crippen MR) is 82.5 cm³/mol. The first-order chi connectivity index (χ1) is 9.47. The fourth-order valence-electron chi connectivity index (χ4n) is 4.47. The van der Waals surface area contributed by atoms with E-state index in [1.165, 1.54) is 17.6 Å². The standard InChI is InChI=1S/C19H24O/c1-14-16-11-12-19(13-16,18(14,2)3)17(20)10-9-15-7-5-4-6-8-15/h4-8,16H,1,9-13H2,2-3H3. The number of hydrogen-bond acceptors (Lipinski definition) is 1. The Balaban J connectivity index is 1.76.